The van der Waals surface area contributed by atoms with Gasteiger partial charge in [-0.3, -0.25) is 4.99 Å². The van der Waals surface area contributed by atoms with Crippen LogP contribution in [0.4, 0.5) is 4.39 Å². The minimum Gasteiger partial charge on any atom is -0.443 e. The summed E-state index contributed by atoms with van der Waals surface area (Å²) in [5, 5.41) is 6.30. The maximum Gasteiger partial charge on any atom is 0.213 e. The number of oxazole rings is 1. The lowest BCUT2D eigenvalue weighted by molar-refractivity contribution is 0.379. The van der Waals surface area contributed by atoms with Crippen LogP contribution < -0.4 is 10.6 Å². The van der Waals surface area contributed by atoms with Crippen molar-refractivity contribution in [1.29, 1.82) is 0 Å². The van der Waals surface area contributed by atoms with Gasteiger partial charge in [0.25, 0.3) is 0 Å². The molecule has 0 aliphatic carbocycles. The number of benzene rings is 1. The van der Waals surface area contributed by atoms with Gasteiger partial charge in [-0.2, -0.15) is 0 Å². The van der Waals surface area contributed by atoms with Crippen molar-refractivity contribution in [2.75, 3.05) is 7.05 Å². The van der Waals surface area contributed by atoms with Gasteiger partial charge in [-0.1, -0.05) is 32.9 Å². The number of aromatic nitrogens is 1. The molecule has 0 radical (unpaired) electrons. The summed E-state index contributed by atoms with van der Waals surface area (Å²) in [6.07, 6.45) is 1.76. The van der Waals surface area contributed by atoms with Crippen molar-refractivity contribution in [3.05, 3.63) is 53.5 Å². The molecule has 0 fully saturated rings. The lowest BCUT2D eigenvalue weighted by atomic mass is 9.94. The van der Waals surface area contributed by atoms with Gasteiger partial charge in [0.2, 0.25) is 5.89 Å². The zero-order valence-electron chi connectivity index (χ0n) is 14.4. The van der Waals surface area contributed by atoms with E-state index in [9.17, 15) is 4.39 Å². The number of rotatable bonds is 4. The van der Waals surface area contributed by atoms with Crippen molar-refractivity contribution in [1.82, 2.24) is 15.6 Å². The van der Waals surface area contributed by atoms with Gasteiger partial charge < -0.3 is 15.1 Å². The Kier molecular flexibility index (Phi) is 7.65. The summed E-state index contributed by atoms with van der Waals surface area (Å²) in [5.74, 6) is 1.85. The Hall–Kier alpha value is -1.64. The van der Waals surface area contributed by atoms with Gasteiger partial charge in [-0.05, 0) is 17.7 Å². The minimum absolute atomic E-state index is 0. The number of hydrogen-bond donors (Lipinski definition) is 2. The third kappa shape index (κ3) is 6.10. The second kappa shape index (κ2) is 9.00. The van der Waals surface area contributed by atoms with E-state index in [1.54, 1.807) is 25.4 Å². The summed E-state index contributed by atoms with van der Waals surface area (Å²) in [4.78, 5) is 8.41. The predicted octanol–water partition coefficient (Wildman–Crippen LogP) is 3.59. The molecule has 0 spiro atoms. The van der Waals surface area contributed by atoms with Gasteiger partial charge in [-0.15, -0.1) is 24.0 Å². The van der Waals surface area contributed by atoms with E-state index < -0.39 is 0 Å². The molecule has 1 aromatic carbocycles. The van der Waals surface area contributed by atoms with Gasteiger partial charge in [0.15, 0.2) is 5.96 Å². The number of nitrogens with one attached hydrogen (secondary N) is 2. The topological polar surface area (TPSA) is 62.5 Å². The minimum atomic E-state index is -0.241. The van der Waals surface area contributed by atoms with E-state index in [2.05, 4.69) is 41.4 Å². The molecule has 2 N–H and O–H groups in total. The molecule has 132 valence electrons. The summed E-state index contributed by atoms with van der Waals surface area (Å²) in [5.41, 5.74) is 0.911. The first-order valence-corrected chi connectivity index (χ1v) is 7.52. The lowest BCUT2D eigenvalue weighted by Crippen LogP contribution is -2.36. The smallest absolute Gasteiger partial charge is 0.213 e. The molecule has 7 heteroatoms. The third-order valence-electron chi connectivity index (χ3n) is 3.30. The first-order valence-electron chi connectivity index (χ1n) is 7.52. The zero-order valence-corrected chi connectivity index (χ0v) is 16.7. The third-order valence-corrected chi connectivity index (χ3v) is 3.30. The van der Waals surface area contributed by atoms with Crippen molar-refractivity contribution in [3.8, 4) is 0 Å². The molecule has 24 heavy (non-hydrogen) atoms. The Bertz CT molecular complexity index is 662. The van der Waals surface area contributed by atoms with Gasteiger partial charge in [0, 0.05) is 19.0 Å². The fourth-order valence-electron chi connectivity index (χ4n) is 1.91. The molecule has 0 bridgehead atoms. The summed E-state index contributed by atoms with van der Waals surface area (Å²) in [6.45, 7) is 7.23. The molecule has 0 unspecified atom stereocenters. The lowest BCUT2D eigenvalue weighted by Gasteiger charge is -2.13. The molecule has 0 atom stereocenters. The fourth-order valence-corrected chi connectivity index (χ4v) is 1.91. The van der Waals surface area contributed by atoms with Gasteiger partial charge in [0.1, 0.15) is 11.6 Å². The van der Waals surface area contributed by atoms with Crippen LogP contribution in [0, 0.1) is 5.82 Å². The summed E-state index contributed by atoms with van der Waals surface area (Å²) in [7, 11) is 1.69. The van der Waals surface area contributed by atoms with Crippen LogP contribution in [0.2, 0.25) is 0 Å². The van der Waals surface area contributed by atoms with E-state index in [4.69, 9.17) is 4.42 Å². The average molecular weight is 446 g/mol. The maximum atomic E-state index is 12.9. The van der Waals surface area contributed by atoms with Crippen molar-refractivity contribution in [3.63, 3.8) is 0 Å². The molecule has 0 aliphatic heterocycles. The Balaban J connectivity index is 0.00000288. The monoisotopic (exact) mass is 446 g/mol. The normalized spacial score (nSPS) is 11.8. The summed E-state index contributed by atoms with van der Waals surface area (Å²) in [6, 6.07) is 6.35. The highest BCUT2D eigenvalue weighted by Crippen LogP contribution is 2.22. The first-order chi connectivity index (χ1) is 10.9. The van der Waals surface area contributed by atoms with Crippen LogP contribution in [0.1, 0.15) is 38.0 Å². The molecule has 0 saturated carbocycles. The Morgan fingerprint density at radius 2 is 1.79 bits per heavy atom. The quantitative estimate of drug-likeness (QED) is 0.428. The molecule has 0 aliphatic rings. The second-order valence-corrected chi connectivity index (χ2v) is 6.27. The maximum absolute atomic E-state index is 12.9. The van der Waals surface area contributed by atoms with E-state index in [0.29, 0.717) is 24.9 Å². The van der Waals surface area contributed by atoms with E-state index >= 15 is 0 Å². The standard InChI is InChI=1S/C17H23FN4O.HI/c1-17(2,3)14-10-20-15(23-14)11-22-16(19-4)21-9-12-5-7-13(18)8-6-12;/h5-8,10H,9,11H2,1-4H3,(H2,19,21,22);1H. The molecular formula is C17H24FIN4O. The van der Waals surface area contributed by atoms with Crippen LogP contribution in [-0.2, 0) is 18.5 Å². The number of hydrogen-bond acceptors (Lipinski definition) is 3. The second-order valence-electron chi connectivity index (χ2n) is 6.27. The van der Waals surface area contributed by atoms with Crippen molar-refractivity contribution in [2.45, 2.75) is 39.3 Å². The van der Waals surface area contributed by atoms with Crippen LogP contribution in [0.15, 0.2) is 39.9 Å². The Morgan fingerprint density at radius 3 is 2.33 bits per heavy atom. The molecule has 0 amide bonds. The SMILES string of the molecule is CN=C(NCc1ccc(F)cc1)NCc1ncc(C(C)(C)C)o1.I. The van der Waals surface area contributed by atoms with Crippen LogP contribution in [0.25, 0.3) is 0 Å². The van der Waals surface area contributed by atoms with E-state index in [1.807, 2.05) is 0 Å². The van der Waals surface area contributed by atoms with Crippen LogP contribution >= 0.6 is 24.0 Å². The van der Waals surface area contributed by atoms with Gasteiger partial charge in [-0.25, -0.2) is 9.37 Å². The van der Waals surface area contributed by atoms with Crippen molar-refractivity contribution < 1.29 is 8.81 Å². The number of aliphatic imine (C=N–C) groups is 1. The molecule has 1 heterocycles. The average Bonchev–Trinajstić information content (AvgIpc) is 2.98. The highest BCUT2D eigenvalue weighted by atomic mass is 127. The van der Waals surface area contributed by atoms with Gasteiger partial charge >= 0.3 is 0 Å². The molecule has 2 rings (SSSR count). The van der Waals surface area contributed by atoms with Gasteiger partial charge in [0.05, 0.1) is 12.7 Å². The fraction of sp³-hybridized carbons (Fsp3) is 0.412. The summed E-state index contributed by atoms with van der Waals surface area (Å²) < 4.78 is 18.6. The molecule has 1 aromatic heterocycles. The van der Waals surface area contributed by atoms with Crippen LogP contribution in [0.3, 0.4) is 0 Å². The number of halogens is 2. The van der Waals surface area contributed by atoms with Crippen molar-refractivity contribution >= 4 is 29.9 Å². The highest BCUT2D eigenvalue weighted by molar-refractivity contribution is 14.0. The van der Waals surface area contributed by atoms with E-state index in [0.717, 1.165) is 11.3 Å². The highest BCUT2D eigenvalue weighted by Gasteiger charge is 2.19. The van der Waals surface area contributed by atoms with Crippen LogP contribution in [-0.4, -0.2) is 18.0 Å². The summed E-state index contributed by atoms with van der Waals surface area (Å²) >= 11 is 0. The number of nitrogens with zero attached hydrogens (tertiary/aromatic N) is 2. The van der Waals surface area contributed by atoms with E-state index in [-0.39, 0.29) is 35.2 Å². The van der Waals surface area contributed by atoms with Crippen LogP contribution in [0.5, 0.6) is 0 Å². The van der Waals surface area contributed by atoms with Crippen molar-refractivity contribution in [2.24, 2.45) is 4.99 Å². The largest absolute Gasteiger partial charge is 0.443 e. The predicted molar refractivity (Wildman–Crippen MR) is 104 cm³/mol. The Morgan fingerprint density at radius 1 is 1.17 bits per heavy atom. The molecule has 0 saturated heterocycles. The number of guanidine groups is 1. The Labute approximate surface area is 159 Å². The molecular weight excluding hydrogens is 422 g/mol. The first kappa shape index (κ1) is 20.4. The molecule has 5 nitrogen and oxygen atoms in total. The zero-order chi connectivity index (χ0) is 16.9. The van der Waals surface area contributed by atoms with E-state index in [1.165, 1.54) is 12.1 Å². The molecule has 2 aromatic rings.